The molecule has 0 amide bonds. The molecule has 22 heavy (non-hydrogen) atoms. The maximum Gasteiger partial charge on any atom is 0.203 e. The first-order valence-corrected chi connectivity index (χ1v) is 6.67. The molecule has 1 atom stereocenters. The molecular weight excluding hydrogens is 289 g/mol. The lowest BCUT2D eigenvalue weighted by Crippen LogP contribution is -2.26. The van der Waals surface area contributed by atoms with Gasteiger partial charge in [-0.15, -0.1) is 10.2 Å². The summed E-state index contributed by atoms with van der Waals surface area (Å²) in [5, 5.41) is 20.6. The van der Waals surface area contributed by atoms with Crippen molar-refractivity contribution in [1.82, 2.24) is 19.6 Å². The van der Waals surface area contributed by atoms with Crippen molar-refractivity contribution < 1.29 is 14.2 Å². The van der Waals surface area contributed by atoms with Gasteiger partial charge in [-0.25, -0.2) is 9.37 Å². The van der Waals surface area contributed by atoms with Gasteiger partial charge in [0.15, 0.2) is 5.82 Å². The van der Waals surface area contributed by atoms with E-state index in [1.807, 2.05) is 0 Å². The quantitative estimate of drug-likeness (QED) is 0.710. The second kappa shape index (κ2) is 6.35. The summed E-state index contributed by atoms with van der Waals surface area (Å²) in [6.07, 6.45) is 4.15. The predicted molar refractivity (Wildman–Crippen MR) is 77.2 cm³/mol. The van der Waals surface area contributed by atoms with Gasteiger partial charge in [0.25, 0.3) is 0 Å². The number of aliphatic hydroxyl groups excluding tert-OH is 1. The van der Waals surface area contributed by atoms with E-state index >= 15 is 0 Å². The van der Waals surface area contributed by atoms with Crippen LogP contribution in [-0.4, -0.2) is 43.9 Å². The number of rotatable bonds is 6. The Morgan fingerprint density at radius 1 is 1.32 bits per heavy atom. The second-order valence-electron chi connectivity index (χ2n) is 4.64. The Morgan fingerprint density at radius 3 is 2.95 bits per heavy atom. The molecule has 2 heterocycles. The summed E-state index contributed by atoms with van der Waals surface area (Å²) in [4.78, 5) is 4.15. The molecule has 3 aromatic rings. The number of halogens is 1. The van der Waals surface area contributed by atoms with Crippen molar-refractivity contribution in [2.45, 2.75) is 6.10 Å². The summed E-state index contributed by atoms with van der Waals surface area (Å²) in [6.45, 7) is 0.315. The first kappa shape index (κ1) is 14.2. The molecule has 2 N–H and O–H groups in total. The van der Waals surface area contributed by atoms with E-state index in [0.717, 1.165) is 0 Å². The number of hydrogen-bond acceptors (Lipinski definition) is 6. The fourth-order valence-corrected chi connectivity index (χ4v) is 1.88. The molecule has 0 spiro atoms. The van der Waals surface area contributed by atoms with E-state index in [9.17, 15) is 9.50 Å². The first-order valence-electron chi connectivity index (χ1n) is 6.67. The van der Waals surface area contributed by atoms with Crippen LogP contribution in [0.15, 0.2) is 43.0 Å². The Balaban J connectivity index is 1.53. The van der Waals surface area contributed by atoms with Gasteiger partial charge < -0.3 is 15.2 Å². The Hall–Kier alpha value is -2.74. The number of aliphatic hydroxyl groups is 1. The smallest absolute Gasteiger partial charge is 0.203 e. The van der Waals surface area contributed by atoms with E-state index in [4.69, 9.17) is 4.74 Å². The maximum absolute atomic E-state index is 12.8. The molecule has 0 bridgehead atoms. The average Bonchev–Trinajstić information content (AvgIpc) is 3.01. The summed E-state index contributed by atoms with van der Waals surface area (Å²) in [7, 11) is 0. The number of hydrogen-bond donors (Lipinski definition) is 2. The van der Waals surface area contributed by atoms with Gasteiger partial charge in [0, 0.05) is 18.9 Å². The predicted octanol–water partition coefficient (Wildman–Crippen LogP) is 1.12. The molecule has 114 valence electrons. The molecule has 1 aromatic carbocycles. The number of fused-ring (bicyclic) bond motifs is 1. The normalized spacial score (nSPS) is 12.3. The minimum Gasteiger partial charge on any atom is -0.491 e. The van der Waals surface area contributed by atoms with Crippen LogP contribution in [-0.2, 0) is 0 Å². The first-order chi connectivity index (χ1) is 10.7. The van der Waals surface area contributed by atoms with E-state index in [-0.39, 0.29) is 19.0 Å². The highest BCUT2D eigenvalue weighted by Crippen LogP contribution is 2.12. The third kappa shape index (κ3) is 3.29. The summed E-state index contributed by atoms with van der Waals surface area (Å²) in [6, 6.07) is 5.62. The number of aromatic nitrogens is 4. The highest BCUT2D eigenvalue weighted by Gasteiger charge is 2.09. The van der Waals surface area contributed by atoms with Gasteiger partial charge in [0.1, 0.15) is 30.6 Å². The molecule has 0 saturated carbocycles. The van der Waals surface area contributed by atoms with Gasteiger partial charge in [-0.1, -0.05) is 0 Å². The van der Waals surface area contributed by atoms with Gasteiger partial charge in [0.2, 0.25) is 5.65 Å². The summed E-state index contributed by atoms with van der Waals surface area (Å²) < 4.78 is 19.9. The summed E-state index contributed by atoms with van der Waals surface area (Å²) in [5.41, 5.74) is 0.578. The van der Waals surface area contributed by atoms with Gasteiger partial charge in [-0.05, 0) is 24.3 Å². The number of benzene rings is 1. The molecular formula is C14H14FN5O2. The van der Waals surface area contributed by atoms with Crippen LogP contribution >= 0.6 is 0 Å². The van der Waals surface area contributed by atoms with Gasteiger partial charge in [-0.3, -0.25) is 4.40 Å². The van der Waals surface area contributed by atoms with E-state index in [1.165, 1.54) is 24.3 Å². The van der Waals surface area contributed by atoms with Crippen molar-refractivity contribution in [3.63, 3.8) is 0 Å². The summed E-state index contributed by atoms with van der Waals surface area (Å²) >= 11 is 0. The molecule has 0 aliphatic carbocycles. The van der Waals surface area contributed by atoms with Crippen LogP contribution in [0.1, 0.15) is 0 Å². The Kier molecular flexibility index (Phi) is 4.10. The van der Waals surface area contributed by atoms with E-state index in [1.54, 1.807) is 23.1 Å². The molecule has 0 radical (unpaired) electrons. The lowest BCUT2D eigenvalue weighted by atomic mass is 10.3. The maximum atomic E-state index is 12.8. The zero-order valence-corrected chi connectivity index (χ0v) is 11.6. The molecule has 7 nitrogen and oxygen atoms in total. The minimum atomic E-state index is -0.755. The zero-order valence-electron chi connectivity index (χ0n) is 11.6. The average molecular weight is 303 g/mol. The second-order valence-corrected chi connectivity index (χ2v) is 4.64. The standard InChI is InChI=1S/C14H14FN5O2/c15-10-1-3-12(4-2-10)22-8-11(21)7-17-13-14-19-18-9-20(14)6-5-16-13/h1-6,9,11,21H,7-8H2,(H,16,17)/t11-/m1/s1. The molecule has 0 aliphatic heterocycles. The van der Waals surface area contributed by atoms with Crippen molar-refractivity contribution in [3.8, 4) is 5.75 Å². The Morgan fingerprint density at radius 2 is 2.14 bits per heavy atom. The van der Waals surface area contributed by atoms with E-state index in [0.29, 0.717) is 17.2 Å². The summed E-state index contributed by atoms with van der Waals surface area (Å²) in [5.74, 6) is 0.695. The highest BCUT2D eigenvalue weighted by molar-refractivity contribution is 5.61. The number of anilines is 1. The van der Waals surface area contributed by atoms with Crippen LogP contribution in [0.25, 0.3) is 5.65 Å². The van der Waals surface area contributed by atoms with Crippen LogP contribution in [0.5, 0.6) is 5.75 Å². The van der Waals surface area contributed by atoms with Crippen molar-refractivity contribution in [1.29, 1.82) is 0 Å². The molecule has 0 fully saturated rings. The Labute approximate surface area is 125 Å². The molecule has 8 heteroatoms. The molecule has 0 aliphatic rings. The third-order valence-corrected chi connectivity index (χ3v) is 2.98. The fraction of sp³-hybridized carbons (Fsp3) is 0.214. The van der Waals surface area contributed by atoms with Crippen LogP contribution in [0.2, 0.25) is 0 Å². The lowest BCUT2D eigenvalue weighted by molar-refractivity contribution is 0.117. The van der Waals surface area contributed by atoms with Crippen molar-refractivity contribution in [3.05, 3.63) is 48.8 Å². The SMILES string of the molecule is O[C@H](CNc1nccn2cnnc12)COc1ccc(F)cc1. The van der Waals surface area contributed by atoms with Gasteiger partial charge in [0.05, 0.1) is 0 Å². The van der Waals surface area contributed by atoms with Gasteiger partial charge >= 0.3 is 0 Å². The third-order valence-electron chi connectivity index (χ3n) is 2.98. The Bertz CT molecular complexity index is 746. The number of nitrogens with one attached hydrogen (secondary N) is 1. The zero-order chi connectivity index (χ0) is 15.4. The van der Waals surface area contributed by atoms with Crippen LogP contribution in [0.4, 0.5) is 10.2 Å². The van der Waals surface area contributed by atoms with E-state index in [2.05, 4.69) is 20.5 Å². The van der Waals surface area contributed by atoms with Crippen LogP contribution in [0.3, 0.4) is 0 Å². The lowest BCUT2D eigenvalue weighted by Gasteiger charge is -2.13. The number of nitrogens with zero attached hydrogens (tertiary/aromatic N) is 4. The van der Waals surface area contributed by atoms with Crippen molar-refractivity contribution in [2.24, 2.45) is 0 Å². The molecule has 0 unspecified atom stereocenters. The topological polar surface area (TPSA) is 84.6 Å². The fourth-order valence-electron chi connectivity index (χ4n) is 1.88. The largest absolute Gasteiger partial charge is 0.491 e. The molecule has 3 rings (SSSR count). The monoisotopic (exact) mass is 303 g/mol. The minimum absolute atomic E-state index is 0.0778. The van der Waals surface area contributed by atoms with Crippen LogP contribution < -0.4 is 10.1 Å². The van der Waals surface area contributed by atoms with Gasteiger partial charge in [-0.2, -0.15) is 0 Å². The number of ether oxygens (including phenoxy) is 1. The molecule has 0 saturated heterocycles. The highest BCUT2D eigenvalue weighted by atomic mass is 19.1. The van der Waals surface area contributed by atoms with E-state index < -0.39 is 6.10 Å². The van der Waals surface area contributed by atoms with Crippen LogP contribution in [0, 0.1) is 5.82 Å². The van der Waals surface area contributed by atoms with Crippen molar-refractivity contribution >= 4 is 11.5 Å². The van der Waals surface area contributed by atoms with Crippen molar-refractivity contribution in [2.75, 3.05) is 18.5 Å². The molecule has 2 aromatic heterocycles.